The van der Waals surface area contributed by atoms with Gasteiger partial charge in [0.15, 0.2) is 0 Å². The maximum Gasteiger partial charge on any atom is 0.0167 e. The molecule has 0 spiro atoms. The highest BCUT2D eigenvalue weighted by Gasteiger charge is 2.15. The first kappa shape index (κ1) is 9.01. The SMILES string of the molecule is C[C](C)CN1CCNC(C)C1. The summed E-state index contributed by atoms with van der Waals surface area (Å²) >= 11 is 0. The Balaban J connectivity index is 2.23. The van der Waals surface area contributed by atoms with Gasteiger partial charge in [-0.2, -0.15) is 0 Å². The second kappa shape index (κ2) is 4.07. The maximum absolute atomic E-state index is 3.43. The Labute approximate surface area is 70.0 Å². The van der Waals surface area contributed by atoms with Gasteiger partial charge in [0.2, 0.25) is 0 Å². The van der Waals surface area contributed by atoms with Crippen LogP contribution in [0.25, 0.3) is 0 Å². The largest absolute Gasteiger partial charge is 0.312 e. The molecule has 0 bridgehead atoms. The van der Waals surface area contributed by atoms with E-state index in [1.54, 1.807) is 0 Å². The van der Waals surface area contributed by atoms with Crippen molar-refractivity contribution in [1.29, 1.82) is 0 Å². The van der Waals surface area contributed by atoms with Crippen LogP contribution in [0.15, 0.2) is 0 Å². The summed E-state index contributed by atoms with van der Waals surface area (Å²) < 4.78 is 0. The van der Waals surface area contributed by atoms with E-state index in [0.717, 1.165) is 6.54 Å². The van der Waals surface area contributed by atoms with Gasteiger partial charge in [-0.05, 0) is 12.8 Å². The fraction of sp³-hybridized carbons (Fsp3) is 0.889. The standard InChI is InChI=1S/C9H19N2/c1-8(2)6-11-5-4-10-9(3)7-11/h9-10H,4-7H2,1-3H3. The Bertz CT molecular complexity index is 110. The van der Waals surface area contributed by atoms with E-state index in [-0.39, 0.29) is 0 Å². The first-order chi connectivity index (χ1) is 5.18. The van der Waals surface area contributed by atoms with E-state index in [0.29, 0.717) is 6.04 Å². The molecule has 1 rings (SSSR count). The van der Waals surface area contributed by atoms with Crippen molar-refractivity contribution in [3.05, 3.63) is 5.92 Å². The lowest BCUT2D eigenvalue weighted by atomic mass is 10.1. The topological polar surface area (TPSA) is 15.3 Å². The van der Waals surface area contributed by atoms with E-state index in [1.165, 1.54) is 25.6 Å². The highest BCUT2D eigenvalue weighted by Crippen LogP contribution is 2.03. The van der Waals surface area contributed by atoms with Gasteiger partial charge in [-0.1, -0.05) is 13.8 Å². The van der Waals surface area contributed by atoms with E-state index in [2.05, 4.69) is 31.0 Å². The molecule has 0 aliphatic carbocycles. The van der Waals surface area contributed by atoms with Crippen LogP contribution in [-0.4, -0.2) is 37.1 Å². The van der Waals surface area contributed by atoms with Crippen molar-refractivity contribution >= 4 is 0 Å². The minimum absolute atomic E-state index is 0.670. The highest BCUT2D eigenvalue weighted by atomic mass is 15.2. The van der Waals surface area contributed by atoms with Crippen LogP contribution < -0.4 is 5.32 Å². The minimum Gasteiger partial charge on any atom is -0.312 e. The van der Waals surface area contributed by atoms with Gasteiger partial charge in [0.05, 0.1) is 0 Å². The Morgan fingerprint density at radius 1 is 1.55 bits per heavy atom. The van der Waals surface area contributed by atoms with Gasteiger partial charge in [-0.15, -0.1) is 0 Å². The molecule has 2 nitrogen and oxygen atoms in total. The first-order valence-corrected chi connectivity index (χ1v) is 4.43. The van der Waals surface area contributed by atoms with Crippen LogP contribution in [0.1, 0.15) is 20.8 Å². The lowest BCUT2D eigenvalue weighted by molar-refractivity contribution is 0.214. The molecule has 1 saturated heterocycles. The predicted molar refractivity (Wildman–Crippen MR) is 48.5 cm³/mol. The van der Waals surface area contributed by atoms with Crippen molar-refractivity contribution in [3.63, 3.8) is 0 Å². The van der Waals surface area contributed by atoms with Crippen LogP contribution in [0.3, 0.4) is 0 Å². The molecule has 65 valence electrons. The molecule has 11 heavy (non-hydrogen) atoms. The van der Waals surface area contributed by atoms with E-state index in [1.807, 2.05) is 0 Å². The van der Waals surface area contributed by atoms with Gasteiger partial charge >= 0.3 is 0 Å². The van der Waals surface area contributed by atoms with Crippen molar-refractivity contribution in [3.8, 4) is 0 Å². The average Bonchev–Trinajstić information content (AvgIpc) is 1.85. The van der Waals surface area contributed by atoms with Crippen molar-refractivity contribution < 1.29 is 0 Å². The lowest BCUT2D eigenvalue weighted by Crippen LogP contribution is -2.49. The Morgan fingerprint density at radius 2 is 2.27 bits per heavy atom. The molecule has 2 heteroatoms. The summed E-state index contributed by atoms with van der Waals surface area (Å²) in [5.74, 6) is 1.51. The summed E-state index contributed by atoms with van der Waals surface area (Å²) in [5, 5.41) is 3.43. The summed E-state index contributed by atoms with van der Waals surface area (Å²) in [6.45, 7) is 11.4. The van der Waals surface area contributed by atoms with Crippen LogP contribution >= 0.6 is 0 Å². The third-order valence-corrected chi connectivity index (χ3v) is 1.99. The molecule has 0 aromatic rings. The molecule has 0 saturated carbocycles. The minimum atomic E-state index is 0.670. The summed E-state index contributed by atoms with van der Waals surface area (Å²) in [6.07, 6.45) is 0. The fourth-order valence-corrected chi connectivity index (χ4v) is 1.60. The van der Waals surface area contributed by atoms with Crippen molar-refractivity contribution in [2.24, 2.45) is 0 Å². The number of nitrogens with zero attached hydrogens (tertiary/aromatic N) is 1. The molecule has 1 N–H and O–H groups in total. The molecule has 0 amide bonds. The first-order valence-electron chi connectivity index (χ1n) is 4.43. The molecule has 0 aromatic heterocycles. The number of hydrogen-bond acceptors (Lipinski definition) is 2. The van der Waals surface area contributed by atoms with E-state index in [4.69, 9.17) is 0 Å². The van der Waals surface area contributed by atoms with Crippen LogP contribution in [-0.2, 0) is 0 Å². The number of rotatable bonds is 2. The second-order valence-corrected chi connectivity index (χ2v) is 3.80. The van der Waals surface area contributed by atoms with Crippen molar-refractivity contribution in [2.45, 2.75) is 26.8 Å². The van der Waals surface area contributed by atoms with Gasteiger partial charge in [-0.25, -0.2) is 0 Å². The van der Waals surface area contributed by atoms with Crippen LogP contribution in [0.5, 0.6) is 0 Å². The molecule has 1 aliphatic rings. The molecule has 1 unspecified atom stereocenters. The van der Waals surface area contributed by atoms with E-state index in [9.17, 15) is 0 Å². The Hall–Kier alpha value is -0.0800. The van der Waals surface area contributed by atoms with Gasteiger partial charge < -0.3 is 5.32 Å². The van der Waals surface area contributed by atoms with Gasteiger partial charge in [0, 0.05) is 32.2 Å². The molecule has 1 fully saturated rings. The molecular weight excluding hydrogens is 136 g/mol. The summed E-state index contributed by atoms with van der Waals surface area (Å²) in [6, 6.07) is 0.670. The Kier molecular flexibility index (Phi) is 3.34. The molecule has 0 aromatic carbocycles. The quantitative estimate of drug-likeness (QED) is 0.637. The average molecular weight is 155 g/mol. The third kappa shape index (κ3) is 3.21. The van der Waals surface area contributed by atoms with Crippen LogP contribution in [0.4, 0.5) is 0 Å². The zero-order valence-electron chi connectivity index (χ0n) is 7.85. The second-order valence-electron chi connectivity index (χ2n) is 3.80. The van der Waals surface area contributed by atoms with E-state index < -0.39 is 0 Å². The molecule has 1 heterocycles. The van der Waals surface area contributed by atoms with E-state index >= 15 is 0 Å². The summed E-state index contributed by atoms with van der Waals surface area (Å²) in [4.78, 5) is 2.51. The van der Waals surface area contributed by atoms with Gasteiger partial charge in [-0.3, -0.25) is 4.90 Å². The Morgan fingerprint density at radius 3 is 2.82 bits per heavy atom. The molecule has 1 radical (unpaired) electrons. The van der Waals surface area contributed by atoms with Gasteiger partial charge in [0.25, 0.3) is 0 Å². The van der Waals surface area contributed by atoms with Crippen LogP contribution in [0.2, 0.25) is 0 Å². The smallest absolute Gasteiger partial charge is 0.0167 e. The number of piperazine rings is 1. The van der Waals surface area contributed by atoms with Crippen LogP contribution in [0, 0.1) is 5.92 Å². The zero-order chi connectivity index (χ0) is 8.27. The van der Waals surface area contributed by atoms with Crippen molar-refractivity contribution in [1.82, 2.24) is 10.2 Å². The normalized spacial score (nSPS) is 27.8. The summed E-state index contributed by atoms with van der Waals surface area (Å²) in [5.41, 5.74) is 0. The zero-order valence-corrected chi connectivity index (χ0v) is 7.85. The lowest BCUT2D eigenvalue weighted by Gasteiger charge is -2.32. The number of nitrogens with one attached hydrogen (secondary N) is 1. The fourth-order valence-electron chi connectivity index (χ4n) is 1.60. The summed E-state index contributed by atoms with van der Waals surface area (Å²) in [7, 11) is 0. The van der Waals surface area contributed by atoms with Gasteiger partial charge in [0.1, 0.15) is 0 Å². The number of hydrogen-bond donors (Lipinski definition) is 1. The molecule has 1 atom stereocenters. The third-order valence-electron chi connectivity index (χ3n) is 1.99. The van der Waals surface area contributed by atoms with Crippen molar-refractivity contribution in [2.75, 3.05) is 26.2 Å². The highest BCUT2D eigenvalue weighted by molar-refractivity contribution is 4.85. The predicted octanol–water partition coefficient (Wildman–Crippen LogP) is 0.894. The molecule has 1 aliphatic heterocycles. The monoisotopic (exact) mass is 155 g/mol. The maximum atomic E-state index is 3.43. The molecular formula is C9H19N2.